The highest BCUT2D eigenvalue weighted by Crippen LogP contribution is 2.36. The molecule has 2 amide bonds. The maximum atomic E-state index is 13.1. The van der Waals surface area contributed by atoms with Crippen LogP contribution >= 0.6 is 11.6 Å². The highest BCUT2D eigenvalue weighted by molar-refractivity contribution is 6.30. The van der Waals surface area contributed by atoms with Crippen LogP contribution in [-0.2, 0) is 11.0 Å². The lowest BCUT2D eigenvalue weighted by atomic mass is 10.1. The van der Waals surface area contributed by atoms with Gasteiger partial charge in [-0.2, -0.15) is 13.2 Å². The second-order valence-corrected chi connectivity index (χ2v) is 6.82. The van der Waals surface area contributed by atoms with E-state index in [9.17, 15) is 22.8 Å². The number of carbonyl (C=O) groups excluding carboxylic acids is 2. The zero-order chi connectivity index (χ0) is 20.3. The molecule has 0 radical (unpaired) electrons. The van der Waals surface area contributed by atoms with E-state index >= 15 is 0 Å². The molecule has 1 fully saturated rings. The fourth-order valence-corrected chi connectivity index (χ4v) is 2.73. The highest BCUT2D eigenvalue weighted by Gasteiger charge is 2.34. The van der Waals surface area contributed by atoms with Crippen molar-refractivity contribution < 1.29 is 22.8 Å². The van der Waals surface area contributed by atoms with Crippen LogP contribution in [0.2, 0.25) is 5.02 Å². The molecule has 5 nitrogen and oxygen atoms in total. The van der Waals surface area contributed by atoms with Crippen molar-refractivity contribution in [3.8, 4) is 0 Å². The topological polar surface area (TPSA) is 70.2 Å². The Bertz CT molecular complexity index is 898. The van der Waals surface area contributed by atoms with E-state index in [4.69, 9.17) is 11.6 Å². The number of alkyl halides is 3. The van der Waals surface area contributed by atoms with E-state index in [0.717, 1.165) is 25.0 Å². The monoisotopic (exact) mass is 411 g/mol. The molecule has 0 aliphatic heterocycles. The standard InChI is InChI=1S/C19H17ClF3N3O2/c20-11-5-8-16(14(9-11)19(21,22)23)26-17(27)10-24-15-4-2-1-3-13(15)18(28)25-12-6-7-12/h1-5,8-9,12,24H,6-7,10H2,(H,25,28)(H,26,27). The van der Waals surface area contributed by atoms with Crippen molar-refractivity contribution in [2.75, 3.05) is 17.2 Å². The van der Waals surface area contributed by atoms with Gasteiger partial charge in [-0.1, -0.05) is 23.7 Å². The summed E-state index contributed by atoms with van der Waals surface area (Å²) in [5, 5.41) is 7.79. The van der Waals surface area contributed by atoms with Crippen molar-refractivity contribution in [2.24, 2.45) is 0 Å². The van der Waals surface area contributed by atoms with Crippen LogP contribution < -0.4 is 16.0 Å². The number of hydrogen-bond acceptors (Lipinski definition) is 3. The molecule has 1 aliphatic carbocycles. The molecule has 3 rings (SSSR count). The molecule has 28 heavy (non-hydrogen) atoms. The van der Waals surface area contributed by atoms with Crippen molar-refractivity contribution in [1.82, 2.24) is 5.32 Å². The lowest BCUT2D eigenvalue weighted by molar-refractivity contribution is -0.137. The van der Waals surface area contributed by atoms with E-state index in [0.29, 0.717) is 11.3 Å². The average Bonchev–Trinajstić information content (AvgIpc) is 3.45. The molecular weight excluding hydrogens is 395 g/mol. The van der Waals surface area contributed by atoms with E-state index in [1.54, 1.807) is 24.3 Å². The number of carbonyl (C=O) groups is 2. The molecule has 0 saturated heterocycles. The SMILES string of the molecule is O=C(CNc1ccccc1C(=O)NC1CC1)Nc1ccc(Cl)cc1C(F)(F)F. The maximum absolute atomic E-state index is 13.1. The minimum absolute atomic E-state index is 0.0842. The average molecular weight is 412 g/mol. The molecule has 148 valence electrons. The number of nitrogens with one attached hydrogen (secondary N) is 3. The third-order valence-corrected chi connectivity index (χ3v) is 4.32. The van der Waals surface area contributed by atoms with Crippen molar-refractivity contribution in [3.05, 3.63) is 58.6 Å². The smallest absolute Gasteiger partial charge is 0.376 e. The van der Waals surface area contributed by atoms with Gasteiger partial charge in [0, 0.05) is 16.8 Å². The van der Waals surface area contributed by atoms with Gasteiger partial charge in [0.05, 0.1) is 23.4 Å². The molecule has 0 aromatic heterocycles. The molecule has 0 bridgehead atoms. The number of anilines is 2. The van der Waals surface area contributed by atoms with Gasteiger partial charge in [-0.3, -0.25) is 9.59 Å². The maximum Gasteiger partial charge on any atom is 0.418 e. The predicted molar refractivity (Wildman–Crippen MR) is 101 cm³/mol. The Morgan fingerprint density at radius 2 is 1.79 bits per heavy atom. The third kappa shape index (κ3) is 5.16. The quantitative estimate of drug-likeness (QED) is 0.663. The number of para-hydroxylation sites is 1. The Hall–Kier alpha value is -2.74. The Morgan fingerprint density at radius 1 is 1.07 bits per heavy atom. The summed E-state index contributed by atoms with van der Waals surface area (Å²) in [4.78, 5) is 24.4. The first kappa shape index (κ1) is 20.0. The molecule has 0 atom stereocenters. The first-order chi connectivity index (χ1) is 13.2. The molecule has 1 aliphatic rings. The minimum Gasteiger partial charge on any atom is -0.376 e. The van der Waals surface area contributed by atoms with Crippen LogP contribution in [0.15, 0.2) is 42.5 Å². The van der Waals surface area contributed by atoms with E-state index in [2.05, 4.69) is 16.0 Å². The van der Waals surface area contributed by atoms with Crippen LogP contribution in [0, 0.1) is 0 Å². The second-order valence-electron chi connectivity index (χ2n) is 6.38. The second kappa shape index (κ2) is 8.10. The fraction of sp³-hybridized carbons (Fsp3) is 0.263. The largest absolute Gasteiger partial charge is 0.418 e. The van der Waals surface area contributed by atoms with Gasteiger partial charge in [0.2, 0.25) is 5.91 Å². The summed E-state index contributed by atoms with van der Waals surface area (Å²) in [5.41, 5.74) is -0.631. The van der Waals surface area contributed by atoms with Crippen LogP contribution in [0.25, 0.3) is 0 Å². The summed E-state index contributed by atoms with van der Waals surface area (Å²) >= 11 is 5.63. The van der Waals surface area contributed by atoms with Crippen LogP contribution in [0.5, 0.6) is 0 Å². The molecular formula is C19H17ClF3N3O2. The molecule has 0 spiro atoms. The van der Waals surface area contributed by atoms with E-state index in [1.165, 1.54) is 6.07 Å². The van der Waals surface area contributed by atoms with Gasteiger partial charge in [0.1, 0.15) is 0 Å². The Balaban J connectivity index is 1.66. The van der Waals surface area contributed by atoms with Crippen molar-refractivity contribution in [2.45, 2.75) is 25.1 Å². The lowest BCUT2D eigenvalue weighted by Gasteiger charge is -2.15. The van der Waals surface area contributed by atoms with Crippen LogP contribution in [0.3, 0.4) is 0 Å². The summed E-state index contributed by atoms with van der Waals surface area (Å²) in [6.45, 7) is -0.312. The Kier molecular flexibility index (Phi) is 5.79. The van der Waals surface area contributed by atoms with Crippen molar-refractivity contribution >= 4 is 34.8 Å². The number of rotatable bonds is 6. The molecule has 0 heterocycles. The fourth-order valence-electron chi connectivity index (χ4n) is 2.56. The van der Waals surface area contributed by atoms with E-state index < -0.39 is 17.6 Å². The predicted octanol–water partition coefficient (Wildman–Crippen LogP) is 4.30. The number of hydrogen-bond donors (Lipinski definition) is 3. The summed E-state index contributed by atoms with van der Waals surface area (Å²) < 4.78 is 39.3. The van der Waals surface area contributed by atoms with Crippen LogP contribution in [0.1, 0.15) is 28.8 Å². The summed E-state index contributed by atoms with van der Waals surface area (Å²) in [7, 11) is 0. The zero-order valence-electron chi connectivity index (χ0n) is 14.6. The first-order valence-corrected chi connectivity index (χ1v) is 8.92. The van der Waals surface area contributed by atoms with E-state index in [-0.39, 0.29) is 29.2 Å². The number of amides is 2. The summed E-state index contributed by atoms with van der Waals surface area (Å²) in [5.74, 6) is -0.951. The molecule has 3 N–H and O–H groups in total. The zero-order valence-corrected chi connectivity index (χ0v) is 15.3. The van der Waals surface area contributed by atoms with Crippen LogP contribution in [-0.4, -0.2) is 24.4 Å². The van der Waals surface area contributed by atoms with Crippen LogP contribution in [0.4, 0.5) is 24.5 Å². The van der Waals surface area contributed by atoms with Gasteiger partial charge in [-0.05, 0) is 43.2 Å². The highest BCUT2D eigenvalue weighted by atomic mass is 35.5. The summed E-state index contributed by atoms with van der Waals surface area (Å²) in [6.07, 6.45) is -2.78. The normalized spacial score (nSPS) is 13.7. The number of benzene rings is 2. The van der Waals surface area contributed by atoms with Gasteiger partial charge in [-0.15, -0.1) is 0 Å². The third-order valence-electron chi connectivity index (χ3n) is 4.08. The molecule has 0 unspecified atom stereocenters. The Labute approximate surface area is 164 Å². The molecule has 2 aromatic carbocycles. The van der Waals surface area contributed by atoms with Crippen molar-refractivity contribution in [3.63, 3.8) is 0 Å². The Morgan fingerprint density at radius 3 is 2.46 bits per heavy atom. The van der Waals surface area contributed by atoms with Gasteiger partial charge in [0.15, 0.2) is 0 Å². The van der Waals surface area contributed by atoms with Gasteiger partial charge in [0.25, 0.3) is 5.91 Å². The summed E-state index contributed by atoms with van der Waals surface area (Å²) in [6, 6.07) is 9.90. The van der Waals surface area contributed by atoms with E-state index in [1.807, 2.05) is 0 Å². The minimum atomic E-state index is -4.66. The first-order valence-electron chi connectivity index (χ1n) is 8.54. The molecule has 2 aromatic rings. The molecule has 9 heteroatoms. The number of halogens is 4. The molecule has 1 saturated carbocycles. The van der Waals surface area contributed by atoms with Gasteiger partial charge >= 0.3 is 6.18 Å². The van der Waals surface area contributed by atoms with Gasteiger partial charge in [-0.25, -0.2) is 0 Å². The lowest BCUT2D eigenvalue weighted by Crippen LogP contribution is -2.28. The van der Waals surface area contributed by atoms with Crippen molar-refractivity contribution in [1.29, 1.82) is 0 Å². The van der Waals surface area contributed by atoms with Gasteiger partial charge < -0.3 is 16.0 Å².